The quantitative estimate of drug-likeness (QED) is 0.735. The highest BCUT2D eigenvalue weighted by Gasteiger charge is 2.17. The Labute approximate surface area is 87.8 Å². The first-order chi connectivity index (χ1) is 6.92. The highest BCUT2D eigenvalue weighted by molar-refractivity contribution is 5.91. The van der Waals surface area contributed by atoms with Gasteiger partial charge in [0.1, 0.15) is 11.4 Å². The second-order valence-electron chi connectivity index (χ2n) is 4.05. The molecule has 2 N–H and O–H groups in total. The van der Waals surface area contributed by atoms with Crippen LogP contribution in [0.4, 0.5) is 10.6 Å². The summed E-state index contributed by atoms with van der Waals surface area (Å²) in [6.07, 6.45) is 1.63. The van der Waals surface area contributed by atoms with Crippen LogP contribution < -0.4 is 5.32 Å². The first-order valence-electron chi connectivity index (χ1n) is 4.55. The van der Waals surface area contributed by atoms with Gasteiger partial charge in [0.15, 0.2) is 6.29 Å². The molecule has 0 aromatic carbocycles. The van der Waals surface area contributed by atoms with Crippen molar-refractivity contribution in [1.82, 2.24) is 4.98 Å². The molecular weight excluding hydrogens is 196 g/mol. The van der Waals surface area contributed by atoms with Crippen LogP contribution in [0, 0.1) is 0 Å². The van der Waals surface area contributed by atoms with E-state index in [-0.39, 0.29) is 0 Å². The van der Waals surface area contributed by atoms with Gasteiger partial charge in [-0.2, -0.15) is 0 Å². The molecule has 82 valence electrons. The van der Waals surface area contributed by atoms with Crippen molar-refractivity contribution in [2.24, 2.45) is 0 Å². The minimum absolute atomic E-state index is 0.347. The van der Waals surface area contributed by atoms with E-state index in [1.54, 1.807) is 33.0 Å². The molecule has 0 aliphatic carbocycles. The molecule has 1 heterocycles. The number of rotatable bonds is 2. The van der Waals surface area contributed by atoms with Crippen LogP contribution in [-0.2, 0) is 4.74 Å². The van der Waals surface area contributed by atoms with Crippen molar-refractivity contribution in [3.8, 4) is 0 Å². The number of nitrogens with one attached hydrogen (secondary N) is 2. The van der Waals surface area contributed by atoms with Crippen LogP contribution in [0.3, 0.4) is 0 Å². The number of ether oxygens (including phenoxy) is 1. The van der Waals surface area contributed by atoms with Crippen LogP contribution in [0.15, 0.2) is 12.3 Å². The molecule has 5 nitrogen and oxygen atoms in total. The minimum Gasteiger partial charge on any atom is -0.444 e. The predicted molar refractivity (Wildman–Crippen MR) is 56.0 cm³/mol. The van der Waals surface area contributed by atoms with E-state index < -0.39 is 11.7 Å². The number of carbonyl (C=O) groups excluding carboxylic acids is 2. The zero-order valence-electron chi connectivity index (χ0n) is 8.96. The van der Waals surface area contributed by atoms with E-state index in [9.17, 15) is 9.59 Å². The normalized spacial score (nSPS) is 10.9. The summed E-state index contributed by atoms with van der Waals surface area (Å²) in [5.74, 6) is 0.347. The summed E-state index contributed by atoms with van der Waals surface area (Å²) in [5.41, 5.74) is -0.168. The van der Waals surface area contributed by atoms with Gasteiger partial charge >= 0.3 is 6.09 Å². The number of H-pyrrole nitrogens is 1. The molecule has 15 heavy (non-hydrogen) atoms. The first kappa shape index (κ1) is 11.3. The van der Waals surface area contributed by atoms with Gasteiger partial charge in [-0.05, 0) is 26.8 Å². The maximum absolute atomic E-state index is 11.3. The van der Waals surface area contributed by atoms with Crippen molar-refractivity contribution in [3.63, 3.8) is 0 Å². The molecule has 0 unspecified atom stereocenters. The number of hydrogen-bond donors (Lipinski definition) is 2. The largest absolute Gasteiger partial charge is 0.444 e. The van der Waals surface area contributed by atoms with Crippen LogP contribution in [0.1, 0.15) is 31.1 Å². The molecule has 0 bridgehead atoms. The summed E-state index contributed by atoms with van der Waals surface area (Å²) in [4.78, 5) is 24.6. The van der Waals surface area contributed by atoms with Gasteiger partial charge in [-0.15, -0.1) is 0 Å². The van der Waals surface area contributed by atoms with Crippen LogP contribution in [0.5, 0.6) is 0 Å². The topological polar surface area (TPSA) is 71.2 Å². The highest BCUT2D eigenvalue weighted by atomic mass is 16.6. The summed E-state index contributed by atoms with van der Waals surface area (Å²) in [5, 5.41) is 2.45. The van der Waals surface area contributed by atoms with Crippen molar-refractivity contribution in [3.05, 3.63) is 17.8 Å². The van der Waals surface area contributed by atoms with Gasteiger partial charge in [0.2, 0.25) is 0 Å². The Morgan fingerprint density at radius 2 is 2.20 bits per heavy atom. The maximum atomic E-state index is 11.3. The van der Waals surface area contributed by atoms with E-state index >= 15 is 0 Å². The third-order valence-corrected chi connectivity index (χ3v) is 1.53. The minimum atomic E-state index is -0.590. The molecule has 0 saturated carbocycles. The van der Waals surface area contributed by atoms with Crippen molar-refractivity contribution >= 4 is 18.2 Å². The Balaban J connectivity index is 2.63. The van der Waals surface area contributed by atoms with Crippen molar-refractivity contribution < 1.29 is 14.3 Å². The zero-order valence-corrected chi connectivity index (χ0v) is 8.96. The molecule has 0 saturated heterocycles. The lowest BCUT2D eigenvalue weighted by Gasteiger charge is -2.19. The first-order valence-corrected chi connectivity index (χ1v) is 4.55. The summed E-state index contributed by atoms with van der Waals surface area (Å²) < 4.78 is 5.02. The molecule has 0 spiro atoms. The zero-order chi connectivity index (χ0) is 11.5. The van der Waals surface area contributed by atoms with E-state index in [4.69, 9.17) is 4.74 Å². The summed E-state index contributed by atoms with van der Waals surface area (Å²) in [7, 11) is 0. The summed E-state index contributed by atoms with van der Waals surface area (Å²) in [6.45, 7) is 5.30. The maximum Gasteiger partial charge on any atom is 0.413 e. The van der Waals surface area contributed by atoms with Crippen LogP contribution in [0.25, 0.3) is 0 Å². The fraction of sp³-hybridized carbons (Fsp3) is 0.400. The predicted octanol–water partition coefficient (Wildman–Crippen LogP) is 2.17. The molecule has 0 aliphatic rings. The van der Waals surface area contributed by atoms with Gasteiger partial charge in [-0.1, -0.05) is 0 Å². The smallest absolute Gasteiger partial charge is 0.413 e. The number of anilines is 1. The number of carbonyl (C=O) groups is 2. The van der Waals surface area contributed by atoms with Gasteiger partial charge in [0.05, 0.1) is 5.56 Å². The van der Waals surface area contributed by atoms with Crippen LogP contribution >= 0.6 is 0 Å². The van der Waals surface area contributed by atoms with Crippen molar-refractivity contribution in [2.45, 2.75) is 26.4 Å². The molecule has 5 heteroatoms. The van der Waals surface area contributed by atoms with Gasteiger partial charge < -0.3 is 9.72 Å². The Hall–Kier alpha value is -1.78. The van der Waals surface area contributed by atoms with Gasteiger partial charge in [0, 0.05) is 6.20 Å². The van der Waals surface area contributed by atoms with Crippen molar-refractivity contribution in [1.29, 1.82) is 0 Å². The summed E-state index contributed by atoms with van der Waals surface area (Å²) in [6, 6.07) is 1.57. The number of amides is 1. The molecule has 0 atom stereocenters. The van der Waals surface area contributed by atoms with Gasteiger partial charge in [0.25, 0.3) is 0 Å². The molecule has 0 fully saturated rings. The number of aromatic amines is 1. The Bertz CT molecular complexity index is 363. The van der Waals surface area contributed by atoms with E-state index in [2.05, 4.69) is 10.3 Å². The molecule has 0 radical (unpaired) electrons. The lowest BCUT2D eigenvalue weighted by molar-refractivity contribution is 0.0635. The third kappa shape index (κ3) is 3.46. The fourth-order valence-corrected chi connectivity index (χ4v) is 0.994. The molecular formula is C10H14N2O3. The number of hydrogen-bond acceptors (Lipinski definition) is 3. The molecule has 1 rings (SSSR count). The SMILES string of the molecule is CC(C)(C)OC(=O)Nc1[nH]ccc1C=O. The number of aldehydes is 1. The second kappa shape index (κ2) is 4.16. The fourth-order valence-electron chi connectivity index (χ4n) is 0.994. The number of aromatic nitrogens is 1. The van der Waals surface area contributed by atoms with E-state index in [1.165, 1.54) is 0 Å². The molecule has 1 aromatic heterocycles. The molecule has 0 aliphatic heterocycles. The lowest BCUT2D eigenvalue weighted by atomic mass is 10.2. The molecule has 1 aromatic rings. The standard InChI is InChI=1S/C10H14N2O3/c1-10(2,3)15-9(14)12-8-7(6-13)4-5-11-8/h4-6,11H,1-3H3,(H,12,14). The molecule has 1 amide bonds. The van der Waals surface area contributed by atoms with Crippen molar-refractivity contribution in [2.75, 3.05) is 5.32 Å². The average molecular weight is 210 g/mol. The van der Waals surface area contributed by atoms with E-state index in [1.807, 2.05) is 0 Å². The average Bonchev–Trinajstić information content (AvgIpc) is 2.48. The van der Waals surface area contributed by atoms with E-state index in [0.717, 1.165) is 0 Å². The monoisotopic (exact) mass is 210 g/mol. The lowest BCUT2D eigenvalue weighted by Crippen LogP contribution is -2.27. The second-order valence-corrected chi connectivity index (χ2v) is 4.05. The Morgan fingerprint density at radius 1 is 1.53 bits per heavy atom. The third-order valence-electron chi connectivity index (χ3n) is 1.53. The highest BCUT2D eigenvalue weighted by Crippen LogP contribution is 2.13. The van der Waals surface area contributed by atoms with Crippen LogP contribution in [0.2, 0.25) is 0 Å². The van der Waals surface area contributed by atoms with E-state index in [0.29, 0.717) is 17.7 Å². The van der Waals surface area contributed by atoms with Gasteiger partial charge in [-0.25, -0.2) is 4.79 Å². The van der Waals surface area contributed by atoms with Crippen LogP contribution in [-0.4, -0.2) is 23.0 Å². The Morgan fingerprint density at radius 3 is 2.73 bits per heavy atom. The Kier molecular flexibility index (Phi) is 3.14. The van der Waals surface area contributed by atoms with Gasteiger partial charge in [-0.3, -0.25) is 10.1 Å². The summed E-state index contributed by atoms with van der Waals surface area (Å²) >= 11 is 0.